The molecule has 0 aromatic heterocycles. The minimum Gasteiger partial charge on any atom is -0.358 e. The molecule has 1 aliphatic heterocycles. The van der Waals surface area contributed by atoms with Crippen LogP contribution in [-0.4, -0.2) is 6.54 Å². The van der Waals surface area contributed by atoms with Crippen LogP contribution in [0.4, 0.5) is 22.7 Å². The lowest BCUT2D eigenvalue weighted by atomic mass is 9.92. The van der Waals surface area contributed by atoms with Crippen LogP contribution in [0.2, 0.25) is 0 Å². The Morgan fingerprint density at radius 3 is 1.88 bits per heavy atom. The van der Waals surface area contributed by atoms with Crippen molar-refractivity contribution < 1.29 is 0 Å². The van der Waals surface area contributed by atoms with E-state index >= 15 is 0 Å². The van der Waals surface area contributed by atoms with E-state index in [9.17, 15) is 0 Å². The summed E-state index contributed by atoms with van der Waals surface area (Å²) in [5.41, 5.74) is 12.1. The lowest BCUT2D eigenvalue weighted by Gasteiger charge is -2.28. The number of nitrogens with one attached hydrogen (secondary N) is 2. The minimum absolute atomic E-state index is 0.149. The SMILES string of the molecule is CCCCc1cc(CCCC)cc(C2Nc3c(Nc4c(C(C)C)cccc4C(C)C)cccc3N2CCCC)c1. The highest BCUT2D eigenvalue weighted by atomic mass is 15.3. The zero-order valence-corrected chi connectivity index (χ0v) is 26.2. The Morgan fingerprint density at radius 2 is 1.32 bits per heavy atom. The van der Waals surface area contributed by atoms with Crippen LogP contribution in [0.5, 0.6) is 0 Å². The zero-order valence-electron chi connectivity index (χ0n) is 26.2. The third kappa shape index (κ3) is 6.85. The van der Waals surface area contributed by atoms with E-state index in [1.807, 2.05) is 0 Å². The van der Waals surface area contributed by atoms with Gasteiger partial charge in [0.05, 0.1) is 17.1 Å². The molecule has 2 N–H and O–H groups in total. The fourth-order valence-corrected chi connectivity index (χ4v) is 6.06. The minimum atomic E-state index is 0.149. The summed E-state index contributed by atoms with van der Waals surface area (Å²) >= 11 is 0. The molecule has 0 radical (unpaired) electrons. The van der Waals surface area contributed by atoms with E-state index in [0.29, 0.717) is 11.8 Å². The molecule has 3 heteroatoms. The molecule has 1 heterocycles. The van der Waals surface area contributed by atoms with Gasteiger partial charge in [0.25, 0.3) is 0 Å². The highest BCUT2D eigenvalue weighted by Crippen LogP contribution is 2.47. The molecule has 3 nitrogen and oxygen atoms in total. The molecule has 1 unspecified atom stereocenters. The summed E-state index contributed by atoms with van der Waals surface area (Å²) in [4.78, 5) is 2.62. The van der Waals surface area contributed by atoms with E-state index in [4.69, 9.17) is 0 Å². The summed E-state index contributed by atoms with van der Waals surface area (Å²) in [6.45, 7) is 17.1. The molecule has 0 spiro atoms. The number of anilines is 4. The summed E-state index contributed by atoms with van der Waals surface area (Å²) < 4.78 is 0. The van der Waals surface area contributed by atoms with E-state index in [1.165, 1.54) is 89.1 Å². The molecule has 0 saturated heterocycles. The van der Waals surface area contributed by atoms with Crippen molar-refractivity contribution in [3.63, 3.8) is 0 Å². The molecule has 0 saturated carbocycles. The Bertz CT molecular complexity index is 1190. The molecule has 4 rings (SSSR count). The van der Waals surface area contributed by atoms with Crippen molar-refractivity contribution in [3.8, 4) is 0 Å². The zero-order chi connectivity index (χ0) is 28.6. The Kier molecular flexibility index (Phi) is 10.6. The van der Waals surface area contributed by atoms with Crippen molar-refractivity contribution in [1.29, 1.82) is 0 Å². The Morgan fingerprint density at radius 1 is 0.750 bits per heavy atom. The van der Waals surface area contributed by atoms with Crippen molar-refractivity contribution in [1.82, 2.24) is 0 Å². The number of aryl methyl sites for hydroxylation is 2. The number of nitrogens with zero attached hydrogens (tertiary/aromatic N) is 1. The van der Waals surface area contributed by atoms with E-state index in [1.54, 1.807) is 0 Å². The number of para-hydroxylation sites is 2. The quantitative estimate of drug-likeness (QED) is 0.213. The molecule has 0 amide bonds. The molecule has 0 aliphatic carbocycles. The first-order chi connectivity index (χ1) is 19.4. The predicted octanol–water partition coefficient (Wildman–Crippen LogP) is 11.1. The first-order valence-electron chi connectivity index (χ1n) is 16.1. The summed E-state index contributed by atoms with van der Waals surface area (Å²) in [5, 5.41) is 7.97. The summed E-state index contributed by atoms with van der Waals surface area (Å²) in [6.07, 6.45) is 9.80. The van der Waals surface area contributed by atoms with Gasteiger partial charge in [-0.3, -0.25) is 0 Å². The third-order valence-electron chi connectivity index (χ3n) is 8.36. The monoisotopic (exact) mass is 539 g/mol. The summed E-state index contributed by atoms with van der Waals surface area (Å²) in [7, 11) is 0. The smallest absolute Gasteiger partial charge is 0.126 e. The topological polar surface area (TPSA) is 27.3 Å². The van der Waals surface area contributed by atoms with Crippen molar-refractivity contribution in [2.45, 2.75) is 118 Å². The lowest BCUT2D eigenvalue weighted by molar-refractivity contribution is 0.664. The van der Waals surface area contributed by atoms with E-state index in [2.05, 4.69) is 119 Å². The fraction of sp³-hybridized carbons (Fsp3) is 0.514. The van der Waals surface area contributed by atoms with Crippen LogP contribution in [0.1, 0.15) is 133 Å². The van der Waals surface area contributed by atoms with Gasteiger partial charge in [-0.15, -0.1) is 0 Å². The Labute approximate surface area is 244 Å². The van der Waals surface area contributed by atoms with Crippen molar-refractivity contribution >= 4 is 22.7 Å². The standard InChI is InChI=1S/C37H53N3/c1-8-11-16-28-23-29(17-12-9-2)25-30(24-28)37-39-36-33(20-15-21-34(36)40(37)22-13-10-3)38-35-31(26(4)5)18-14-19-32(35)27(6)7/h14-15,18-21,23-27,37-39H,8-13,16-17,22H2,1-7H3. The van der Waals surface area contributed by atoms with Gasteiger partial charge in [-0.05, 0) is 83.9 Å². The molecule has 0 fully saturated rings. The molecular formula is C37H53N3. The maximum Gasteiger partial charge on any atom is 0.126 e. The average molecular weight is 540 g/mol. The number of hydrogen-bond acceptors (Lipinski definition) is 3. The van der Waals surface area contributed by atoms with Crippen LogP contribution in [0.25, 0.3) is 0 Å². The highest BCUT2D eigenvalue weighted by molar-refractivity contribution is 5.90. The summed E-state index contributed by atoms with van der Waals surface area (Å²) in [6, 6.07) is 21.0. The van der Waals surface area contributed by atoms with Crippen LogP contribution in [-0.2, 0) is 12.8 Å². The molecule has 3 aromatic rings. The Balaban J connectivity index is 1.76. The van der Waals surface area contributed by atoms with Crippen molar-refractivity contribution in [3.05, 3.63) is 82.4 Å². The second-order valence-corrected chi connectivity index (χ2v) is 12.3. The largest absolute Gasteiger partial charge is 0.358 e. The van der Waals surface area contributed by atoms with Crippen molar-refractivity contribution in [2.24, 2.45) is 0 Å². The molecule has 1 aliphatic rings. The number of benzene rings is 3. The van der Waals surface area contributed by atoms with Crippen molar-refractivity contribution in [2.75, 3.05) is 22.1 Å². The first kappa shape index (κ1) is 30.0. The second-order valence-electron chi connectivity index (χ2n) is 12.3. The number of unbranched alkanes of at least 4 members (excludes halogenated alkanes) is 3. The first-order valence-corrected chi connectivity index (χ1v) is 16.1. The van der Waals surface area contributed by atoms with Gasteiger partial charge in [-0.25, -0.2) is 0 Å². The van der Waals surface area contributed by atoms with Gasteiger partial charge in [0.1, 0.15) is 6.17 Å². The normalized spacial score (nSPS) is 14.6. The molecular weight excluding hydrogens is 486 g/mol. The maximum absolute atomic E-state index is 4.03. The van der Waals surface area contributed by atoms with Crippen LogP contribution >= 0.6 is 0 Å². The highest BCUT2D eigenvalue weighted by Gasteiger charge is 2.32. The van der Waals surface area contributed by atoms with Gasteiger partial charge in [0, 0.05) is 12.2 Å². The molecule has 0 bridgehead atoms. The summed E-state index contributed by atoms with van der Waals surface area (Å²) in [5.74, 6) is 0.902. The van der Waals surface area contributed by atoms with E-state index in [-0.39, 0.29) is 6.17 Å². The van der Waals surface area contributed by atoms with E-state index in [0.717, 1.165) is 19.4 Å². The number of hydrogen-bond donors (Lipinski definition) is 2. The lowest BCUT2D eigenvalue weighted by Crippen LogP contribution is -2.29. The van der Waals surface area contributed by atoms with Crippen LogP contribution in [0.15, 0.2) is 54.6 Å². The molecule has 1 atom stereocenters. The van der Waals surface area contributed by atoms with Crippen LogP contribution in [0.3, 0.4) is 0 Å². The second kappa shape index (κ2) is 14.1. The number of rotatable bonds is 14. The Hall–Kier alpha value is -2.94. The van der Waals surface area contributed by atoms with Gasteiger partial charge in [-0.1, -0.05) is 110 Å². The van der Waals surface area contributed by atoms with Gasteiger partial charge < -0.3 is 15.5 Å². The van der Waals surface area contributed by atoms with Gasteiger partial charge in [0.15, 0.2) is 0 Å². The predicted molar refractivity (Wildman–Crippen MR) is 177 cm³/mol. The molecule has 216 valence electrons. The number of fused-ring (bicyclic) bond motifs is 1. The van der Waals surface area contributed by atoms with Crippen LogP contribution < -0.4 is 15.5 Å². The van der Waals surface area contributed by atoms with Gasteiger partial charge >= 0.3 is 0 Å². The third-order valence-corrected chi connectivity index (χ3v) is 8.36. The average Bonchev–Trinajstić information content (AvgIpc) is 3.33. The van der Waals surface area contributed by atoms with Gasteiger partial charge in [0.2, 0.25) is 0 Å². The van der Waals surface area contributed by atoms with Crippen LogP contribution in [0, 0.1) is 0 Å². The van der Waals surface area contributed by atoms with E-state index < -0.39 is 0 Å². The fourth-order valence-electron chi connectivity index (χ4n) is 6.06. The van der Waals surface area contributed by atoms with Gasteiger partial charge in [-0.2, -0.15) is 0 Å². The molecule has 40 heavy (non-hydrogen) atoms. The maximum atomic E-state index is 4.03. The molecule has 3 aromatic carbocycles.